The van der Waals surface area contributed by atoms with Gasteiger partial charge in [0.15, 0.2) is 37.2 Å². The zero-order chi connectivity index (χ0) is 60.7. The maximum absolute atomic E-state index is 12.3. The fraction of sp³-hybridized carbons (Fsp3) is 0.966. The first-order valence-corrected chi connectivity index (χ1v) is 30.3. The molecule has 0 aromatic rings. The highest BCUT2D eigenvalue weighted by molar-refractivity contribution is 5.27. The third kappa shape index (κ3) is 10.5. The lowest BCUT2D eigenvalue weighted by molar-refractivity contribution is -0.401. The second-order valence-electron chi connectivity index (χ2n) is 28.2. The van der Waals surface area contributed by atoms with Crippen LogP contribution in [0.15, 0.2) is 11.6 Å². The summed E-state index contributed by atoms with van der Waals surface area (Å²) in [5, 5.41) is 154. The Morgan fingerprint density at radius 3 is 1.93 bits per heavy atom. The van der Waals surface area contributed by atoms with E-state index in [-0.39, 0.29) is 46.0 Å². The van der Waals surface area contributed by atoms with E-state index >= 15 is 0 Å². The van der Waals surface area contributed by atoms with Gasteiger partial charge in [-0.25, -0.2) is 0 Å². The van der Waals surface area contributed by atoms with Crippen LogP contribution in [0.4, 0.5) is 0 Å². The van der Waals surface area contributed by atoms with Gasteiger partial charge in [-0.1, -0.05) is 39.3 Å². The van der Waals surface area contributed by atoms with Gasteiger partial charge < -0.3 is 128 Å². The SMILES string of the molecule is CC(C)=C[C@H]1C[C@](C)(O)[C@@H]2[C@H]3CC[C@@H]4[C@@]5(C)CC[C@H](OC6OC[C@H](O)[C@H](OC7O[C@H](COC8O[C@H](CO)[C@@H](O)[C@H](O)[C@H]8O)[C@@H](O)[C@H](O)[C@H]7OC7OC[C@@H](O)[C@H](O)[C@H]7O)[C@H]6OC6O[C@H](C)[C@H](O)[C@H](O)[C@H]6O)C(C)(C)[C@@H]5CC[C@@]4(C)C34CO[C@@]2(C4)O1. The lowest BCUT2D eigenvalue weighted by Gasteiger charge is -2.70. The zero-order valence-corrected chi connectivity index (χ0v) is 49.2. The van der Waals surface area contributed by atoms with Gasteiger partial charge in [-0.2, -0.15) is 0 Å². The third-order valence-electron chi connectivity index (χ3n) is 22.5. The van der Waals surface area contributed by atoms with Gasteiger partial charge in [-0.3, -0.25) is 0 Å². The maximum Gasteiger partial charge on any atom is 0.187 e. The van der Waals surface area contributed by atoms with Crippen molar-refractivity contribution in [1.29, 1.82) is 0 Å². The number of aliphatic hydroxyl groups is 14. The summed E-state index contributed by atoms with van der Waals surface area (Å²) in [6, 6.07) is 0. The minimum atomic E-state index is -2.04. The molecule has 0 amide bonds. The van der Waals surface area contributed by atoms with Crippen LogP contribution in [0.2, 0.25) is 0 Å². The third-order valence-corrected chi connectivity index (χ3v) is 22.5. The van der Waals surface area contributed by atoms with Crippen LogP contribution in [0.25, 0.3) is 0 Å². The van der Waals surface area contributed by atoms with Crippen molar-refractivity contribution in [3.63, 3.8) is 0 Å². The summed E-state index contributed by atoms with van der Waals surface area (Å²) in [5.41, 5.74) is -0.980. The lowest BCUT2D eigenvalue weighted by atomic mass is 9.35. The van der Waals surface area contributed by atoms with Crippen LogP contribution in [0, 0.1) is 45.3 Å². The van der Waals surface area contributed by atoms with Crippen molar-refractivity contribution >= 4 is 0 Å². The van der Waals surface area contributed by atoms with Gasteiger partial charge in [-0.15, -0.1) is 0 Å². The Balaban J connectivity index is 0.870. The molecular weight excluding hydrogens is 1110 g/mol. The predicted octanol–water partition coefficient (Wildman–Crippen LogP) is -2.72. The van der Waals surface area contributed by atoms with Crippen LogP contribution in [-0.4, -0.2) is 269 Å². The van der Waals surface area contributed by atoms with Crippen molar-refractivity contribution in [3.05, 3.63) is 11.6 Å². The monoisotopic (exact) mass is 1210 g/mol. The van der Waals surface area contributed by atoms with E-state index < -0.39 is 191 Å². The van der Waals surface area contributed by atoms with Gasteiger partial charge in [0.2, 0.25) is 0 Å². The molecule has 14 N–H and O–H groups in total. The predicted molar refractivity (Wildman–Crippen MR) is 283 cm³/mol. The molecule has 11 rings (SSSR count). The summed E-state index contributed by atoms with van der Waals surface area (Å²) in [7, 11) is 0. The summed E-state index contributed by atoms with van der Waals surface area (Å²) in [5.74, 6) is -0.440. The smallest absolute Gasteiger partial charge is 0.187 e. The number of allylic oxidation sites excluding steroid dienone is 1. The van der Waals surface area contributed by atoms with E-state index in [2.05, 4.69) is 33.8 Å². The summed E-state index contributed by atoms with van der Waals surface area (Å²) < 4.78 is 75.5. The van der Waals surface area contributed by atoms with E-state index in [9.17, 15) is 71.5 Å². The van der Waals surface area contributed by atoms with E-state index in [0.29, 0.717) is 19.4 Å². The van der Waals surface area contributed by atoms with Gasteiger partial charge >= 0.3 is 0 Å². The Hall–Kier alpha value is -1.30. The van der Waals surface area contributed by atoms with Gasteiger partial charge in [-0.05, 0) is 100 Å². The van der Waals surface area contributed by atoms with Crippen molar-refractivity contribution < 1.29 is 128 Å². The molecule has 11 fully saturated rings. The van der Waals surface area contributed by atoms with Crippen LogP contribution in [0.1, 0.15) is 107 Å². The minimum absolute atomic E-state index is 0.110. The van der Waals surface area contributed by atoms with E-state index in [1.165, 1.54) is 6.92 Å². The molecule has 84 heavy (non-hydrogen) atoms. The average Bonchev–Trinajstić information content (AvgIpc) is 1.44. The number of rotatable bonds is 13. The Labute approximate surface area is 488 Å². The first-order chi connectivity index (χ1) is 39.4. The highest BCUT2D eigenvalue weighted by atomic mass is 16.8. The molecule has 0 aromatic carbocycles. The summed E-state index contributed by atoms with van der Waals surface area (Å²) >= 11 is 0. The molecule has 7 aliphatic heterocycles. The van der Waals surface area contributed by atoms with Crippen molar-refractivity contribution in [3.8, 4) is 0 Å². The van der Waals surface area contributed by atoms with Crippen molar-refractivity contribution in [2.24, 2.45) is 45.3 Å². The molecule has 7 saturated heterocycles. The summed E-state index contributed by atoms with van der Waals surface area (Å²) in [4.78, 5) is 0. The molecule has 482 valence electrons. The van der Waals surface area contributed by atoms with Crippen LogP contribution in [0.3, 0.4) is 0 Å². The fourth-order valence-electron chi connectivity index (χ4n) is 18.3. The molecule has 7 heterocycles. The quantitative estimate of drug-likeness (QED) is 0.0658. The molecule has 26 nitrogen and oxygen atoms in total. The minimum Gasteiger partial charge on any atom is -0.394 e. The normalized spacial score (nSPS) is 57.1. The number of hydrogen-bond donors (Lipinski definition) is 14. The fourth-order valence-corrected chi connectivity index (χ4v) is 18.3. The summed E-state index contributed by atoms with van der Waals surface area (Å²) in [6.45, 7) is 14.8. The second-order valence-corrected chi connectivity index (χ2v) is 28.2. The molecule has 26 heteroatoms. The molecule has 4 aliphatic carbocycles. The Kier molecular flexibility index (Phi) is 17.9. The van der Waals surface area contributed by atoms with Crippen LogP contribution in [0.5, 0.6) is 0 Å². The first-order valence-electron chi connectivity index (χ1n) is 30.3. The van der Waals surface area contributed by atoms with Gasteiger partial charge in [0.05, 0.1) is 56.9 Å². The second kappa shape index (κ2) is 23.4. The Morgan fingerprint density at radius 2 is 1.21 bits per heavy atom. The molecule has 2 bridgehead atoms. The average molecular weight is 1210 g/mol. The Bertz CT molecular complexity index is 2330. The number of ether oxygens (including phenoxy) is 12. The lowest BCUT2D eigenvalue weighted by Crippen LogP contribution is -2.68. The highest BCUT2D eigenvalue weighted by Crippen LogP contribution is 2.80. The van der Waals surface area contributed by atoms with Crippen molar-refractivity contribution in [1.82, 2.24) is 0 Å². The van der Waals surface area contributed by atoms with Gasteiger partial charge in [0.1, 0.15) is 104 Å². The van der Waals surface area contributed by atoms with Crippen molar-refractivity contribution in [2.75, 3.05) is 33.0 Å². The van der Waals surface area contributed by atoms with E-state index in [1.807, 2.05) is 20.8 Å². The molecule has 0 radical (unpaired) electrons. The first kappa shape index (κ1) is 64.2. The molecular formula is C58H94O26. The van der Waals surface area contributed by atoms with Gasteiger partial charge in [0.25, 0.3) is 0 Å². The maximum atomic E-state index is 12.3. The Morgan fingerprint density at radius 1 is 0.583 bits per heavy atom. The molecule has 11 aliphatic rings. The van der Waals surface area contributed by atoms with E-state index in [0.717, 1.165) is 44.1 Å². The number of hydrogen-bond acceptors (Lipinski definition) is 26. The van der Waals surface area contributed by atoms with E-state index in [4.69, 9.17) is 56.8 Å². The van der Waals surface area contributed by atoms with Crippen LogP contribution >= 0.6 is 0 Å². The summed E-state index contributed by atoms with van der Waals surface area (Å²) in [6.07, 6.45) is -31.8. The van der Waals surface area contributed by atoms with Crippen LogP contribution < -0.4 is 0 Å². The zero-order valence-electron chi connectivity index (χ0n) is 49.2. The van der Waals surface area contributed by atoms with Gasteiger partial charge in [0, 0.05) is 24.2 Å². The topological polar surface area (TPSA) is 394 Å². The molecule has 6 unspecified atom stereocenters. The number of fused-ring (bicyclic) bond motifs is 4. The standard InChI is InChI=1S/C58H94O26/c1-23(2)15-25-16-56(8,72)47-26-9-10-32-54(6)13-12-33(53(4,5)31(54)11-14-55(32,7)57(26)21-58(47,84-25)76-22-57)80-51-46(83-50-43(71)38(66)34(62)24(3)77-50)44(28(61)19-74-51)81-52-45(82-49-41(69)35(63)27(60)18-73-49)40(68)37(65)30(79-52)20-75-48-42(70)39(67)36(64)29(17-59)78-48/h15,24-52,59-72H,9-14,16-22H2,1-8H3/t24-,25+,26-,27-,28+,29-,30-,31+,32-,33+,34+,35+,36-,37-,38+,39+,40+,41-,42-,43-,44+,45-,46-,47+,48?,49?,50?,51?,52?,54+,55-,56+,57?,58+/m1/s1. The van der Waals surface area contributed by atoms with E-state index in [1.54, 1.807) is 0 Å². The molecule has 2 spiro atoms. The highest BCUT2D eigenvalue weighted by Gasteiger charge is 2.81. The molecule has 4 saturated carbocycles. The molecule has 34 atom stereocenters. The number of aliphatic hydroxyl groups excluding tert-OH is 13. The largest absolute Gasteiger partial charge is 0.394 e. The van der Waals surface area contributed by atoms with Crippen molar-refractivity contribution in [2.45, 2.75) is 272 Å². The van der Waals surface area contributed by atoms with Crippen LogP contribution in [-0.2, 0) is 56.8 Å². The molecule has 0 aromatic heterocycles.